The number of carbonyl (C=O) groups excluding carboxylic acids is 3. The average molecular weight is 882 g/mol. The SMILES string of the molecule is CC1=CC(CCC(=O)O)=[N+]2C1=Cc1c(CCC[N+](C)(C)C)cc(C)n1[B-]2(F)F.CC1=CC(CCC(=O)ON2C(=O)CCC2=O)=[N+]2C1=Cc1c(CCC[N+](C)(C)C)cc(C)n1[B-]2(F)F. The molecule has 1 saturated heterocycles. The van der Waals surface area contributed by atoms with Crippen LogP contribution in [0.15, 0.2) is 46.8 Å². The van der Waals surface area contributed by atoms with Crippen LogP contribution < -0.4 is 0 Å². The van der Waals surface area contributed by atoms with Gasteiger partial charge in [-0.2, -0.15) is 0 Å². The number of hydrogen-bond donors (Lipinski definition) is 1. The minimum Gasteiger partial charge on any atom is -0.481 e. The molecule has 1 N–H and O–H groups in total. The topological polar surface area (TPSA) is 117 Å². The Morgan fingerprint density at radius 1 is 0.667 bits per heavy atom. The maximum absolute atomic E-state index is 16.0. The molecule has 0 atom stereocenters. The molecule has 0 unspecified atom stereocenters. The number of carbonyl (C=O) groups is 4. The molecule has 5 aliphatic rings. The van der Waals surface area contributed by atoms with Gasteiger partial charge in [-0.1, -0.05) is 0 Å². The minimum absolute atomic E-state index is 0.00201. The molecule has 340 valence electrons. The fourth-order valence-electron chi connectivity index (χ4n) is 9.24. The second-order valence-corrected chi connectivity index (χ2v) is 19.4. The average Bonchev–Trinajstić information content (AvgIpc) is 3.93. The maximum atomic E-state index is 16.0. The number of hydrogen-bond acceptors (Lipinski definition) is 5. The van der Waals surface area contributed by atoms with Gasteiger partial charge in [0.2, 0.25) is 0 Å². The van der Waals surface area contributed by atoms with Gasteiger partial charge in [0.05, 0.1) is 68.2 Å². The Bertz CT molecular complexity index is 2450. The summed E-state index contributed by atoms with van der Waals surface area (Å²) in [5.41, 5.74) is 7.08. The first kappa shape index (κ1) is 47.2. The zero-order chi connectivity index (χ0) is 46.6. The fraction of sp³-hybridized carbons (Fsp3) is 0.500. The highest BCUT2D eigenvalue weighted by Crippen LogP contribution is 2.39. The van der Waals surface area contributed by atoms with E-state index in [1.807, 2.05) is 24.3 Å². The second kappa shape index (κ2) is 17.4. The summed E-state index contributed by atoms with van der Waals surface area (Å²) in [6.45, 7) is 0.690. The first-order valence-corrected chi connectivity index (χ1v) is 21.7. The number of imide groups is 1. The Labute approximate surface area is 366 Å². The Kier molecular flexibility index (Phi) is 13.0. The Morgan fingerprint density at radius 3 is 1.44 bits per heavy atom. The van der Waals surface area contributed by atoms with Crippen molar-refractivity contribution in [3.63, 3.8) is 0 Å². The summed E-state index contributed by atoms with van der Waals surface area (Å²) in [5.74, 6) is -2.94. The number of halogens is 4. The van der Waals surface area contributed by atoms with Gasteiger partial charge in [0.25, 0.3) is 11.8 Å². The molecule has 2 aromatic rings. The molecule has 0 aromatic carbocycles. The molecule has 63 heavy (non-hydrogen) atoms. The lowest BCUT2D eigenvalue weighted by molar-refractivity contribution is -0.870. The van der Waals surface area contributed by atoms with Crippen LogP contribution >= 0.6 is 0 Å². The van der Waals surface area contributed by atoms with Crippen LogP contribution in [0.4, 0.5) is 17.3 Å². The van der Waals surface area contributed by atoms with E-state index in [0.717, 1.165) is 75.9 Å². The highest BCUT2D eigenvalue weighted by atomic mass is 19.3. The third kappa shape index (κ3) is 9.78. The van der Waals surface area contributed by atoms with Gasteiger partial charge in [0.1, 0.15) is 11.4 Å². The molecule has 5 aliphatic heterocycles. The zero-order valence-electron chi connectivity index (χ0n) is 38.2. The van der Waals surface area contributed by atoms with Crippen LogP contribution in [0, 0.1) is 13.8 Å². The highest BCUT2D eigenvalue weighted by Gasteiger charge is 2.55. The summed E-state index contributed by atoms with van der Waals surface area (Å²) in [7, 11) is 12.7. The molecule has 19 heteroatoms. The quantitative estimate of drug-likeness (QED) is 0.100. The highest BCUT2D eigenvalue weighted by molar-refractivity contribution is 6.58. The van der Waals surface area contributed by atoms with Gasteiger partial charge in [0.15, 0.2) is 11.4 Å². The molecular formula is C44H61B2F4N7O6+2. The third-order valence-electron chi connectivity index (χ3n) is 12.1. The van der Waals surface area contributed by atoms with Gasteiger partial charge in [-0.3, -0.25) is 14.4 Å². The number of carboxylic acids is 1. The molecular weight excluding hydrogens is 820 g/mol. The molecule has 13 nitrogen and oxygen atoms in total. The molecule has 7 heterocycles. The van der Waals surface area contributed by atoms with Crippen molar-refractivity contribution < 1.29 is 64.3 Å². The van der Waals surface area contributed by atoms with E-state index in [9.17, 15) is 19.2 Å². The summed E-state index contributed by atoms with van der Waals surface area (Å²) < 4.78 is 69.1. The van der Waals surface area contributed by atoms with E-state index in [1.54, 1.807) is 39.8 Å². The first-order chi connectivity index (χ1) is 29.2. The normalized spacial score (nSPS) is 18.6. The monoisotopic (exact) mass is 881 g/mol. The van der Waals surface area contributed by atoms with E-state index in [0.29, 0.717) is 62.7 Å². The standard InChI is InChI=1S/C24H32BF2N4O4.C20H28BF2N3O2/c1-16-13-19(8-11-24(34)35-30-22(32)9-10-23(30)33)29-20(16)15-21-18(7-6-12-31(3,4)5)14-17(2)28(21)25(29,26)27;1-14-11-17(8-9-20(27)28)25-18(14)13-19-16(7-6-10-26(3,4)5)12-15(2)24(19)21(25,22)23/h13-15H,6-12H2,1-5H3;11-13H,6-10H2,1-5H3/q+1;/p+1. The fourth-order valence-corrected chi connectivity index (χ4v) is 9.24. The third-order valence-corrected chi connectivity index (χ3v) is 12.1. The van der Waals surface area contributed by atoms with E-state index < -0.39 is 37.7 Å². The van der Waals surface area contributed by atoms with Crippen LogP contribution in [0.2, 0.25) is 0 Å². The largest absolute Gasteiger partial charge is 0.737 e. The maximum Gasteiger partial charge on any atom is 0.737 e. The number of allylic oxidation sites excluding steroid dienone is 4. The summed E-state index contributed by atoms with van der Waals surface area (Å²) in [5, 5.41) is 9.43. The molecule has 7 rings (SSSR count). The number of amides is 2. The molecule has 0 aliphatic carbocycles. The van der Waals surface area contributed by atoms with Crippen molar-refractivity contribution in [2.24, 2.45) is 0 Å². The number of aryl methyl sites for hydroxylation is 4. The van der Waals surface area contributed by atoms with E-state index in [1.165, 1.54) is 0 Å². The molecule has 1 fully saturated rings. The minimum atomic E-state index is -4.16. The van der Waals surface area contributed by atoms with Gasteiger partial charge in [-0.05, 0) is 75.2 Å². The molecule has 2 aromatic heterocycles. The molecule has 0 radical (unpaired) electrons. The van der Waals surface area contributed by atoms with Crippen LogP contribution in [-0.2, 0) is 36.9 Å². The molecule has 2 amide bonds. The number of aliphatic carboxylic acids is 1. The Morgan fingerprint density at radius 2 is 1.06 bits per heavy atom. The Balaban J connectivity index is 0.000000215. The van der Waals surface area contributed by atoms with Crippen LogP contribution in [0.3, 0.4) is 0 Å². The number of hydroxylamine groups is 2. The number of fused-ring (bicyclic) bond motifs is 4. The number of carboxylic acid groups (broad SMARTS) is 1. The molecule has 0 spiro atoms. The van der Waals surface area contributed by atoms with Crippen molar-refractivity contribution in [3.8, 4) is 0 Å². The molecule has 0 saturated carbocycles. The van der Waals surface area contributed by atoms with Gasteiger partial charge >= 0.3 is 25.9 Å². The van der Waals surface area contributed by atoms with Gasteiger partial charge in [-0.25, -0.2) is 4.79 Å². The van der Waals surface area contributed by atoms with Crippen molar-refractivity contribution in [1.82, 2.24) is 14.0 Å². The second-order valence-electron chi connectivity index (χ2n) is 19.4. The summed E-state index contributed by atoms with van der Waals surface area (Å²) >= 11 is 0. The van der Waals surface area contributed by atoms with Gasteiger partial charge in [-0.15, -0.1) is 5.06 Å². The number of rotatable bonds is 15. The number of nitrogens with zero attached hydrogens (tertiary/aromatic N) is 7. The van der Waals surface area contributed by atoms with Crippen molar-refractivity contribution in [1.29, 1.82) is 0 Å². The summed E-state index contributed by atoms with van der Waals surface area (Å²) in [6.07, 6.45) is 9.99. The van der Waals surface area contributed by atoms with E-state index in [4.69, 9.17) is 9.94 Å². The smallest absolute Gasteiger partial charge is 0.481 e. The lowest BCUT2D eigenvalue weighted by Crippen LogP contribution is -2.51. The summed E-state index contributed by atoms with van der Waals surface area (Å²) in [6, 6.07) is 3.72. The first-order valence-electron chi connectivity index (χ1n) is 21.7. The van der Waals surface area contributed by atoms with Crippen LogP contribution in [0.25, 0.3) is 12.2 Å². The van der Waals surface area contributed by atoms with Gasteiger partial charge < -0.3 is 54.1 Å². The van der Waals surface area contributed by atoms with Crippen molar-refractivity contribution in [2.45, 2.75) is 91.9 Å². The zero-order valence-corrected chi connectivity index (χ0v) is 38.2. The molecule has 0 bridgehead atoms. The number of aromatic nitrogens is 2. The van der Waals surface area contributed by atoms with E-state index in [-0.39, 0.29) is 38.5 Å². The van der Waals surface area contributed by atoms with Crippen molar-refractivity contribution >= 4 is 61.3 Å². The Hall–Kier alpha value is -5.29. The van der Waals surface area contributed by atoms with E-state index in [2.05, 4.69) is 42.3 Å². The number of quaternary nitrogens is 2. The van der Waals surface area contributed by atoms with Crippen LogP contribution in [0.5, 0.6) is 0 Å². The van der Waals surface area contributed by atoms with Crippen molar-refractivity contribution in [2.75, 3.05) is 55.4 Å². The van der Waals surface area contributed by atoms with E-state index >= 15 is 17.3 Å². The predicted molar refractivity (Wildman–Crippen MR) is 235 cm³/mol. The van der Waals surface area contributed by atoms with Crippen molar-refractivity contribution in [3.05, 3.63) is 80.7 Å². The predicted octanol–water partition coefficient (Wildman–Crippen LogP) is 6.10. The van der Waals surface area contributed by atoms with Gasteiger partial charge in [0, 0.05) is 85.4 Å². The lowest BCUT2D eigenvalue weighted by atomic mass is 9.89. The van der Waals surface area contributed by atoms with Crippen LogP contribution in [-0.4, -0.2) is 142 Å². The summed E-state index contributed by atoms with van der Waals surface area (Å²) in [4.78, 5) is 51.4. The lowest BCUT2D eigenvalue weighted by Gasteiger charge is -2.31. The van der Waals surface area contributed by atoms with Crippen LogP contribution in [0.1, 0.15) is 99.1 Å².